The Labute approximate surface area is 160 Å². The van der Waals surface area contributed by atoms with Crippen LogP contribution in [0.5, 0.6) is 17.2 Å². The number of Topliss-reactive ketones (excluding diaryl/α,β-unsaturated/α-hetero) is 1. The predicted octanol–water partition coefficient (Wildman–Crippen LogP) is 3.81. The molecule has 0 N–H and O–H groups in total. The molecule has 1 aliphatic rings. The minimum Gasteiger partial charge on any atom is -0.497 e. The van der Waals surface area contributed by atoms with E-state index in [9.17, 15) is 4.79 Å². The van der Waals surface area contributed by atoms with Crippen molar-refractivity contribution in [1.29, 1.82) is 0 Å². The summed E-state index contributed by atoms with van der Waals surface area (Å²) in [6.45, 7) is 2.47. The zero-order valence-corrected chi connectivity index (χ0v) is 16.2. The lowest BCUT2D eigenvalue weighted by atomic mass is 9.89. The third kappa shape index (κ3) is 4.42. The molecular weight excluding hydrogens is 342 g/mol. The summed E-state index contributed by atoms with van der Waals surface area (Å²) in [6.07, 6.45) is 1.91. The first-order chi connectivity index (χ1) is 13.2. The van der Waals surface area contributed by atoms with Crippen LogP contribution in [0.2, 0.25) is 0 Å². The van der Waals surface area contributed by atoms with E-state index >= 15 is 0 Å². The predicted molar refractivity (Wildman–Crippen MR) is 105 cm³/mol. The highest BCUT2D eigenvalue weighted by Gasteiger charge is 2.28. The second kappa shape index (κ2) is 8.91. The molecule has 0 saturated carbocycles. The summed E-state index contributed by atoms with van der Waals surface area (Å²) in [5.41, 5.74) is 1.78. The molecule has 1 saturated heterocycles. The molecular formula is C22H27NO4. The van der Waals surface area contributed by atoms with Gasteiger partial charge in [0.1, 0.15) is 17.2 Å². The minimum absolute atomic E-state index is 0.0145. The van der Waals surface area contributed by atoms with Crippen LogP contribution in [-0.2, 0) is 6.54 Å². The van der Waals surface area contributed by atoms with Crippen molar-refractivity contribution < 1.29 is 19.0 Å². The van der Waals surface area contributed by atoms with Crippen LogP contribution in [0.15, 0.2) is 42.5 Å². The van der Waals surface area contributed by atoms with Gasteiger partial charge in [0.15, 0.2) is 5.78 Å². The van der Waals surface area contributed by atoms with Crippen LogP contribution in [0.25, 0.3) is 0 Å². The zero-order chi connectivity index (χ0) is 19.2. The number of carbonyl (C=O) groups is 1. The molecule has 3 rings (SSSR count). The summed E-state index contributed by atoms with van der Waals surface area (Å²) in [6, 6.07) is 13.3. The molecule has 1 unspecified atom stereocenters. The SMILES string of the molecule is COc1ccc(CN2CCCC(C(=O)c3ccccc3OC)C2)c(OC)c1. The van der Waals surface area contributed by atoms with Crippen molar-refractivity contribution in [1.82, 2.24) is 4.90 Å². The van der Waals surface area contributed by atoms with Gasteiger partial charge < -0.3 is 14.2 Å². The van der Waals surface area contributed by atoms with Crippen LogP contribution in [0.1, 0.15) is 28.8 Å². The number of para-hydroxylation sites is 1. The van der Waals surface area contributed by atoms with E-state index in [1.54, 1.807) is 21.3 Å². The molecule has 144 valence electrons. The molecule has 1 atom stereocenters. The summed E-state index contributed by atoms with van der Waals surface area (Å²) in [4.78, 5) is 15.4. The smallest absolute Gasteiger partial charge is 0.170 e. The lowest BCUT2D eigenvalue weighted by Gasteiger charge is -2.32. The summed E-state index contributed by atoms with van der Waals surface area (Å²) in [7, 11) is 4.92. The first-order valence-electron chi connectivity index (χ1n) is 9.26. The Hall–Kier alpha value is -2.53. The second-order valence-corrected chi connectivity index (χ2v) is 6.82. The first kappa shape index (κ1) is 19.2. The summed E-state index contributed by atoms with van der Waals surface area (Å²) >= 11 is 0. The molecule has 0 bridgehead atoms. The quantitative estimate of drug-likeness (QED) is 0.695. The van der Waals surface area contributed by atoms with Gasteiger partial charge in [-0.1, -0.05) is 18.2 Å². The number of ether oxygens (including phenoxy) is 3. The highest BCUT2D eigenvalue weighted by atomic mass is 16.5. The summed E-state index contributed by atoms with van der Waals surface area (Å²) < 4.78 is 16.2. The monoisotopic (exact) mass is 369 g/mol. The van der Waals surface area contributed by atoms with Gasteiger partial charge in [0.2, 0.25) is 0 Å². The maximum absolute atomic E-state index is 13.0. The van der Waals surface area contributed by atoms with E-state index in [0.29, 0.717) is 11.3 Å². The average Bonchev–Trinajstić information content (AvgIpc) is 2.73. The van der Waals surface area contributed by atoms with E-state index in [1.165, 1.54) is 0 Å². The molecule has 1 fully saturated rings. The van der Waals surface area contributed by atoms with Gasteiger partial charge in [0, 0.05) is 30.6 Å². The van der Waals surface area contributed by atoms with Gasteiger partial charge in [-0.05, 0) is 37.6 Å². The Balaban J connectivity index is 1.72. The van der Waals surface area contributed by atoms with Gasteiger partial charge in [-0.3, -0.25) is 9.69 Å². The van der Waals surface area contributed by atoms with Gasteiger partial charge >= 0.3 is 0 Å². The Morgan fingerprint density at radius 3 is 2.56 bits per heavy atom. The number of carbonyl (C=O) groups excluding carboxylic acids is 1. The van der Waals surface area contributed by atoms with E-state index < -0.39 is 0 Å². The molecule has 2 aromatic rings. The number of methoxy groups -OCH3 is 3. The maximum atomic E-state index is 13.0. The fourth-order valence-electron chi connectivity index (χ4n) is 3.70. The highest BCUT2D eigenvalue weighted by molar-refractivity contribution is 6.00. The minimum atomic E-state index is -0.0145. The van der Waals surface area contributed by atoms with Crippen molar-refractivity contribution in [3.63, 3.8) is 0 Å². The molecule has 27 heavy (non-hydrogen) atoms. The van der Waals surface area contributed by atoms with Gasteiger partial charge in [0.05, 0.1) is 26.9 Å². The standard InChI is InChI=1S/C22H27NO4/c1-25-18-11-10-16(21(13-18)27-3)14-23-12-6-7-17(15-23)22(24)19-8-4-5-9-20(19)26-2/h4-5,8-11,13,17H,6-7,12,14-15H2,1-3H3. The number of hydrogen-bond acceptors (Lipinski definition) is 5. The van der Waals surface area contributed by atoms with Crippen molar-refractivity contribution in [3.8, 4) is 17.2 Å². The molecule has 0 aliphatic carbocycles. The molecule has 1 aliphatic heterocycles. The average molecular weight is 369 g/mol. The summed E-state index contributed by atoms with van der Waals surface area (Å²) in [5.74, 6) is 2.39. The largest absolute Gasteiger partial charge is 0.497 e. The number of rotatable bonds is 7. The Kier molecular flexibility index (Phi) is 6.35. The topological polar surface area (TPSA) is 48.0 Å². The number of piperidine rings is 1. The van der Waals surface area contributed by atoms with Crippen molar-refractivity contribution in [2.24, 2.45) is 5.92 Å². The number of hydrogen-bond donors (Lipinski definition) is 0. The van der Waals surface area contributed by atoms with E-state index in [-0.39, 0.29) is 11.7 Å². The van der Waals surface area contributed by atoms with Crippen LogP contribution in [0.4, 0.5) is 0 Å². The van der Waals surface area contributed by atoms with Crippen molar-refractivity contribution in [3.05, 3.63) is 53.6 Å². The number of benzene rings is 2. The molecule has 2 aromatic carbocycles. The van der Waals surface area contributed by atoms with Crippen LogP contribution in [0.3, 0.4) is 0 Å². The molecule has 5 nitrogen and oxygen atoms in total. The first-order valence-corrected chi connectivity index (χ1v) is 9.26. The molecule has 0 amide bonds. The van der Waals surface area contributed by atoms with E-state index in [1.807, 2.05) is 42.5 Å². The maximum Gasteiger partial charge on any atom is 0.170 e. The second-order valence-electron chi connectivity index (χ2n) is 6.82. The lowest BCUT2D eigenvalue weighted by molar-refractivity contribution is 0.0807. The molecule has 0 spiro atoms. The normalized spacial score (nSPS) is 17.4. The van der Waals surface area contributed by atoms with E-state index in [2.05, 4.69) is 4.90 Å². The Bertz CT molecular complexity index is 790. The Morgan fingerprint density at radius 2 is 1.81 bits per heavy atom. The number of nitrogens with zero attached hydrogens (tertiary/aromatic N) is 1. The molecule has 1 heterocycles. The molecule has 0 aromatic heterocycles. The van der Waals surface area contributed by atoms with Crippen molar-refractivity contribution >= 4 is 5.78 Å². The molecule has 5 heteroatoms. The van der Waals surface area contributed by atoms with Crippen LogP contribution in [0, 0.1) is 5.92 Å². The van der Waals surface area contributed by atoms with E-state index in [0.717, 1.165) is 49.5 Å². The van der Waals surface area contributed by atoms with Gasteiger partial charge in [-0.25, -0.2) is 0 Å². The molecule has 0 radical (unpaired) electrons. The van der Waals surface area contributed by atoms with E-state index in [4.69, 9.17) is 14.2 Å². The zero-order valence-electron chi connectivity index (χ0n) is 16.2. The van der Waals surface area contributed by atoms with Gasteiger partial charge in [0.25, 0.3) is 0 Å². The van der Waals surface area contributed by atoms with Gasteiger partial charge in [-0.2, -0.15) is 0 Å². The third-order valence-electron chi connectivity index (χ3n) is 5.14. The third-order valence-corrected chi connectivity index (χ3v) is 5.14. The van der Waals surface area contributed by atoms with Gasteiger partial charge in [-0.15, -0.1) is 0 Å². The fraction of sp³-hybridized carbons (Fsp3) is 0.409. The van der Waals surface area contributed by atoms with Crippen LogP contribution >= 0.6 is 0 Å². The van der Waals surface area contributed by atoms with Crippen molar-refractivity contribution in [2.45, 2.75) is 19.4 Å². The van der Waals surface area contributed by atoms with Crippen LogP contribution < -0.4 is 14.2 Å². The van der Waals surface area contributed by atoms with Crippen LogP contribution in [-0.4, -0.2) is 45.1 Å². The fourth-order valence-corrected chi connectivity index (χ4v) is 3.70. The summed E-state index contributed by atoms with van der Waals surface area (Å²) in [5, 5.41) is 0. The lowest BCUT2D eigenvalue weighted by Crippen LogP contribution is -2.38. The number of likely N-dealkylation sites (tertiary alicyclic amines) is 1. The number of ketones is 1. The van der Waals surface area contributed by atoms with Crippen molar-refractivity contribution in [2.75, 3.05) is 34.4 Å². The Morgan fingerprint density at radius 1 is 1.04 bits per heavy atom. The highest BCUT2D eigenvalue weighted by Crippen LogP contribution is 2.29.